The van der Waals surface area contributed by atoms with E-state index in [0.29, 0.717) is 12.5 Å². The van der Waals surface area contributed by atoms with Gasteiger partial charge in [-0.25, -0.2) is 0 Å². The minimum atomic E-state index is 0.528. The molecule has 2 aromatic carbocycles. The Morgan fingerprint density at radius 1 is 1.09 bits per heavy atom. The standard InChI is InChI=1S/C23H23N3S.C5H8N2/c1-15(2)12-17-10-11-18(13-19(17)14-24)22-25-26-23(27-22)21-9-5-7-16-6-3-4-8-20(16)21;6-3-5-1-2-7-4-5/h5,7,9-11,13,15H,3-4,6,8,12H2,1-2H3;2,4H,1,3,6H2. The number of aryl methyl sites for hydroxylation is 1. The van der Waals surface area contributed by atoms with E-state index in [1.165, 1.54) is 35.1 Å². The van der Waals surface area contributed by atoms with Crippen LogP contribution in [0.1, 0.15) is 55.4 Å². The Balaban J connectivity index is 0.000000336. The average molecular weight is 470 g/mol. The predicted octanol–water partition coefficient (Wildman–Crippen LogP) is 6.12. The van der Waals surface area contributed by atoms with Crippen molar-refractivity contribution in [1.82, 2.24) is 10.2 Å². The first-order chi connectivity index (χ1) is 16.6. The molecule has 0 bridgehead atoms. The lowest BCUT2D eigenvalue weighted by molar-refractivity contribution is 0.646. The Kier molecular flexibility index (Phi) is 7.99. The highest BCUT2D eigenvalue weighted by Gasteiger charge is 2.18. The van der Waals surface area contributed by atoms with E-state index in [1.54, 1.807) is 11.3 Å². The molecule has 0 saturated heterocycles. The second-order valence-corrected chi connectivity index (χ2v) is 10.1. The summed E-state index contributed by atoms with van der Waals surface area (Å²) in [7, 11) is 0. The lowest BCUT2D eigenvalue weighted by Gasteiger charge is -2.17. The molecule has 2 heterocycles. The van der Waals surface area contributed by atoms with E-state index >= 15 is 0 Å². The van der Waals surface area contributed by atoms with Crippen molar-refractivity contribution < 1.29 is 0 Å². The largest absolute Gasteiger partial charge is 0.327 e. The molecule has 0 atom stereocenters. The van der Waals surface area contributed by atoms with Crippen LogP contribution in [0.15, 0.2) is 53.2 Å². The lowest BCUT2D eigenvalue weighted by Crippen LogP contribution is -2.04. The van der Waals surface area contributed by atoms with Crippen molar-refractivity contribution in [2.45, 2.75) is 52.4 Å². The van der Waals surface area contributed by atoms with Crippen molar-refractivity contribution >= 4 is 17.6 Å². The van der Waals surface area contributed by atoms with E-state index in [-0.39, 0.29) is 0 Å². The van der Waals surface area contributed by atoms with Crippen LogP contribution >= 0.6 is 11.3 Å². The molecule has 0 fully saturated rings. The third kappa shape index (κ3) is 5.67. The number of nitrogens with two attached hydrogens (primary N) is 1. The summed E-state index contributed by atoms with van der Waals surface area (Å²) in [6, 6.07) is 15.0. The summed E-state index contributed by atoms with van der Waals surface area (Å²) in [6.45, 7) is 5.00. The van der Waals surface area contributed by atoms with Gasteiger partial charge in [0.25, 0.3) is 0 Å². The molecular weight excluding hydrogens is 438 g/mol. The number of aliphatic imine (C=N–C) groups is 1. The second kappa shape index (κ2) is 11.3. The summed E-state index contributed by atoms with van der Waals surface area (Å²) >= 11 is 1.62. The van der Waals surface area contributed by atoms with Gasteiger partial charge in [0, 0.05) is 36.5 Å². The smallest absolute Gasteiger partial charge is 0.148 e. The molecule has 2 N–H and O–H groups in total. The van der Waals surface area contributed by atoms with Crippen molar-refractivity contribution in [2.24, 2.45) is 16.6 Å². The molecule has 1 aliphatic carbocycles. The zero-order valence-corrected chi connectivity index (χ0v) is 20.7. The number of nitrogens with zero attached hydrogens (tertiary/aromatic N) is 4. The summed E-state index contributed by atoms with van der Waals surface area (Å²) < 4.78 is 0. The van der Waals surface area contributed by atoms with Crippen LogP contribution in [-0.2, 0) is 19.3 Å². The van der Waals surface area contributed by atoms with Crippen LogP contribution in [0, 0.1) is 17.2 Å². The molecule has 3 aromatic rings. The third-order valence-corrected chi connectivity index (χ3v) is 7.14. The van der Waals surface area contributed by atoms with Crippen LogP contribution in [0.5, 0.6) is 0 Å². The monoisotopic (exact) mass is 469 g/mol. The number of hydrogen-bond acceptors (Lipinski definition) is 6. The maximum Gasteiger partial charge on any atom is 0.148 e. The van der Waals surface area contributed by atoms with Gasteiger partial charge >= 0.3 is 0 Å². The van der Waals surface area contributed by atoms with Crippen molar-refractivity contribution in [1.29, 1.82) is 5.26 Å². The highest BCUT2D eigenvalue weighted by molar-refractivity contribution is 7.17. The van der Waals surface area contributed by atoms with E-state index in [4.69, 9.17) is 5.73 Å². The molecule has 0 amide bonds. The fourth-order valence-corrected chi connectivity index (χ4v) is 5.27. The molecule has 2 aliphatic rings. The Bertz CT molecular complexity index is 1250. The van der Waals surface area contributed by atoms with E-state index in [2.05, 4.69) is 65.4 Å². The first-order valence-corrected chi connectivity index (χ1v) is 12.8. The Morgan fingerprint density at radius 2 is 1.91 bits per heavy atom. The number of nitriles is 1. The number of fused-ring (bicyclic) bond motifs is 1. The molecule has 1 aromatic heterocycles. The van der Waals surface area contributed by atoms with Gasteiger partial charge in [0.1, 0.15) is 10.0 Å². The first kappa shape index (κ1) is 24.0. The topological polar surface area (TPSA) is 88.0 Å². The second-order valence-electron chi connectivity index (χ2n) is 9.17. The number of rotatable bonds is 5. The maximum atomic E-state index is 9.54. The van der Waals surface area contributed by atoms with Crippen molar-refractivity contribution in [3.63, 3.8) is 0 Å². The molecule has 5 rings (SSSR count). The molecule has 174 valence electrons. The lowest BCUT2D eigenvalue weighted by atomic mass is 9.88. The van der Waals surface area contributed by atoms with Crippen LogP contribution in [0.2, 0.25) is 0 Å². The minimum Gasteiger partial charge on any atom is -0.327 e. The van der Waals surface area contributed by atoms with Crippen molar-refractivity contribution in [3.8, 4) is 27.2 Å². The maximum absolute atomic E-state index is 9.54. The van der Waals surface area contributed by atoms with Crippen molar-refractivity contribution in [3.05, 3.63) is 70.4 Å². The van der Waals surface area contributed by atoms with Crippen LogP contribution in [-0.4, -0.2) is 23.0 Å². The van der Waals surface area contributed by atoms with E-state index < -0.39 is 0 Å². The van der Waals surface area contributed by atoms with Gasteiger partial charge in [-0.15, -0.1) is 10.2 Å². The Labute approximate surface area is 206 Å². The van der Waals surface area contributed by atoms with Gasteiger partial charge in [-0.2, -0.15) is 5.26 Å². The molecule has 0 radical (unpaired) electrons. The number of aromatic nitrogens is 2. The average Bonchev–Trinajstić information content (AvgIpc) is 3.56. The van der Waals surface area contributed by atoms with Crippen LogP contribution in [0.3, 0.4) is 0 Å². The summed E-state index contributed by atoms with van der Waals surface area (Å²) in [4.78, 5) is 3.87. The van der Waals surface area contributed by atoms with Crippen LogP contribution in [0.4, 0.5) is 0 Å². The first-order valence-electron chi connectivity index (χ1n) is 12.0. The molecule has 1 aliphatic heterocycles. The minimum absolute atomic E-state index is 0.528. The summed E-state index contributed by atoms with van der Waals surface area (Å²) in [6.07, 6.45) is 10.4. The van der Waals surface area contributed by atoms with Gasteiger partial charge < -0.3 is 5.73 Å². The van der Waals surface area contributed by atoms with Gasteiger partial charge in [-0.3, -0.25) is 4.99 Å². The highest BCUT2D eigenvalue weighted by Crippen LogP contribution is 2.36. The Morgan fingerprint density at radius 3 is 2.62 bits per heavy atom. The third-order valence-electron chi connectivity index (χ3n) is 6.13. The molecule has 0 saturated carbocycles. The summed E-state index contributed by atoms with van der Waals surface area (Å²) in [5, 5.41) is 20.3. The highest BCUT2D eigenvalue weighted by atomic mass is 32.1. The normalized spacial score (nSPS) is 14.3. The van der Waals surface area contributed by atoms with Gasteiger partial charge in [0.2, 0.25) is 0 Å². The summed E-state index contributed by atoms with van der Waals surface area (Å²) in [5.74, 6) is 0.528. The molecular formula is C28H31N5S. The van der Waals surface area contributed by atoms with Crippen LogP contribution < -0.4 is 5.73 Å². The molecule has 5 nitrogen and oxygen atoms in total. The van der Waals surface area contributed by atoms with Crippen molar-refractivity contribution in [2.75, 3.05) is 6.54 Å². The molecule has 6 heteroatoms. The fraction of sp³-hybridized carbons (Fsp3) is 0.357. The molecule has 34 heavy (non-hydrogen) atoms. The van der Waals surface area contributed by atoms with Gasteiger partial charge in [-0.1, -0.05) is 55.5 Å². The molecule has 0 unspecified atom stereocenters. The van der Waals surface area contributed by atoms with E-state index in [1.807, 2.05) is 18.5 Å². The zero-order valence-electron chi connectivity index (χ0n) is 19.9. The number of benzene rings is 2. The number of hydrogen-bond donors (Lipinski definition) is 1. The quantitative estimate of drug-likeness (QED) is 0.487. The predicted molar refractivity (Wildman–Crippen MR) is 141 cm³/mol. The van der Waals surface area contributed by atoms with Gasteiger partial charge in [0.15, 0.2) is 0 Å². The molecule has 0 spiro atoms. The Hall–Kier alpha value is -3.14. The van der Waals surface area contributed by atoms with Gasteiger partial charge in [-0.05, 0) is 66.4 Å². The van der Waals surface area contributed by atoms with E-state index in [9.17, 15) is 5.26 Å². The zero-order chi connectivity index (χ0) is 23.9. The SMILES string of the molecule is CC(C)Cc1ccc(-c2nnc(-c3cccc4c3CCCC4)s2)cc1C#N.NCC1=CN=CC1. The van der Waals surface area contributed by atoms with E-state index in [0.717, 1.165) is 52.4 Å². The van der Waals surface area contributed by atoms with Gasteiger partial charge in [0.05, 0.1) is 11.6 Å². The van der Waals surface area contributed by atoms with Crippen LogP contribution in [0.25, 0.3) is 21.1 Å². The summed E-state index contributed by atoms with van der Waals surface area (Å²) in [5.41, 5.74) is 13.5. The fourth-order valence-electron chi connectivity index (χ4n) is 4.38.